The van der Waals surface area contributed by atoms with Crippen molar-refractivity contribution in [1.29, 1.82) is 0 Å². The van der Waals surface area contributed by atoms with E-state index < -0.39 is 0 Å². The molecular formula is C24H26N4O. The van der Waals surface area contributed by atoms with Gasteiger partial charge >= 0.3 is 0 Å². The van der Waals surface area contributed by atoms with E-state index in [2.05, 4.69) is 26.6 Å². The predicted molar refractivity (Wildman–Crippen MR) is 113 cm³/mol. The van der Waals surface area contributed by atoms with Gasteiger partial charge in [-0.1, -0.05) is 30.3 Å². The Morgan fingerprint density at radius 3 is 2.55 bits per heavy atom. The molecule has 2 aromatic heterocycles. The molecule has 5 rings (SSSR count). The molecule has 0 unspecified atom stereocenters. The van der Waals surface area contributed by atoms with Gasteiger partial charge in [0, 0.05) is 49.1 Å². The lowest BCUT2D eigenvalue weighted by molar-refractivity contribution is -0.134. The lowest BCUT2D eigenvalue weighted by Gasteiger charge is -2.33. The number of pyridine rings is 1. The van der Waals surface area contributed by atoms with Crippen LogP contribution in [0.25, 0.3) is 22.5 Å². The molecule has 1 aliphatic heterocycles. The molecule has 1 aromatic carbocycles. The van der Waals surface area contributed by atoms with E-state index in [1.54, 1.807) is 0 Å². The monoisotopic (exact) mass is 386 g/mol. The summed E-state index contributed by atoms with van der Waals surface area (Å²) in [6.45, 7) is 2.66. The van der Waals surface area contributed by atoms with Crippen molar-refractivity contribution in [2.24, 2.45) is 11.8 Å². The van der Waals surface area contributed by atoms with Crippen molar-refractivity contribution in [3.8, 4) is 22.5 Å². The normalized spacial score (nSPS) is 19.3. The van der Waals surface area contributed by atoms with Crippen LogP contribution in [0.1, 0.15) is 25.7 Å². The van der Waals surface area contributed by atoms with Crippen LogP contribution in [0, 0.1) is 11.8 Å². The average Bonchev–Trinajstić information content (AvgIpc) is 3.55. The van der Waals surface area contributed by atoms with E-state index in [-0.39, 0.29) is 0 Å². The van der Waals surface area contributed by atoms with Gasteiger partial charge in [-0.05, 0) is 43.7 Å². The smallest absolute Gasteiger partial charge is 0.225 e. The van der Waals surface area contributed by atoms with Crippen molar-refractivity contribution in [2.75, 3.05) is 13.1 Å². The minimum absolute atomic E-state index is 0.305. The minimum atomic E-state index is 0.305. The van der Waals surface area contributed by atoms with Gasteiger partial charge in [-0.2, -0.15) is 0 Å². The number of likely N-dealkylation sites (tertiary alicyclic amines) is 1. The van der Waals surface area contributed by atoms with Gasteiger partial charge in [0.15, 0.2) is 0 Å². The summed E-state index contributed by atoms with van der Waals surface area (Å²) in [5.74, 6) is 1.14. The second kappa shape index (κ2) is 7.82. The SMILES string of the molecule is O=C(C1CC1)N1CCC[C@H](Cn2cnc(-c3ccccc3)c2-c2ccncc2)C1. The van der Waals surface area contributed by atoms with Crippen LogP contribution in [0.15, 0.2) is 61.2 Å². The van der Waals surface area contributed by atoms with E-state index in [1.807, 2.05) is 49.1 Å². The number of piperidine rings is 1. The maximum Gasteiger partial charge on any atom is 0.225 e. The van der Waals surface area contributed by atoms with Crippen molar-refractivity contribution in [2.45, 2.75) is 32.2 Å². The van der Waals surface area contributed by atoms with Gasteiger partial charge < -0.3 is 9.47 Å². The standard InChI is InChI=1S/C24H26N4O/c29-24(21-8-9-21)27-14-4-5-18(15-27)16-28-17-26-22(19-6-2-1-3-7-19)23(28)20-10-12-25-13-11-20/h1-3,6-7,10-13,17-18,21H,4-5,8-9,14-16H2/t18-/m0/s1. The maximum atomic E-state index is 12.5. The summed E-state index contributed by atoms with van der Waals surface area (Å²) >= 11 is 0. The van der Waals surface area contributed by atoms with Crippen LogP contribution >= 0.6 is 0 Å². The van der Waals surface area contributed by atoms with E-state index in [0.29, 0.717) is 17.7 Å². The van der Waals surface area contributed by atoms with Crippen LogP contribution in [0.2, 0.25) is 0 Å². The quantitative estimate of drug-likeness (QED) is 0.658. The number of amides is 1. The molecule has 0 spiro atoms. The molecule has 5 heteroatoms. The zero-order valence-electron chi connectivity index (χ0n) is 16.6. The largest absolute Gasteiger partial charge is 0.342 e. The summed E-state index contributed by atoms with van der Waals surface area (Å²) in [6, 6.07) is 14.4. The molecule has 5 nitrogen and oxygen atoms in total. The molecule has 3 heterocycles. The molecule has 3 aromatic rings. The van der Waals surface area contributed by atoms with Gasteiger partial charge in [-0.3, -0.25) is 9.78 Å². The van der Waals surface area contributed by atoms with E-state index in [1.165, 1.54) is 0 Å². The molecule has 0 radical (unpaired) electrons. The highest BCUT2D eigenvalue weighted by molar-refractivity contribution is 5.81. The van der Waals surface area contributed by atoms with Crippen LogP contribution in [-0.4, -0.2) is 38.4 Å². The Kier molecular flexibility index (Phi) is 4.88. The Morgan fingerprint density at radius 1 is 1.00 bits per heavy atom. The maximum absolute atomic E-state index is 12.5. The first kappa shape index (κ1) is 18.1. The van der Waals surface area contributed by atoms with Gasteiger partial charge in [0.1, 0.15) is 0 Å². The molecule has 0 bridgehead atoms. The highest BCUT2D eigenvalue weighted by Crippen LogP contribution is 2.34. The molecular weight excluding hydrogens is 360 g/mol. The van der Waals surface area contributed by atoms with E-state index in [0.717, 1.165) is 67.8 Å². The molecule has 1 amide bonds. The van der Waals surface area contributed by atoms with Crippen molar-refractivity contribution in [3.05, 3.63) is 61.2 Å². The first-order valence-electron chi connectivity index (χ1n) is 10.6. The molecule has 1 aliphatic carbocycles. The van der Waals surface area contributed by atoms with Gasteiger partial charge in [0.05, 0.1) is 17.7 Å². The second-order valence-corrected chi connectivity index (χ2v) is 8.26. The third-order valence-corrected chi connectivity index (χ3v) is 6.05. The number of benzene rings is 1. The van der Waals surface area contributed by atoms with Gasteiger partial charge in [-0.15, -0.1) is 0 Å². The number of imidazole rings is 1. The Bertz CT molecular complexity index is 979. The van der Waals surface area contributed by atoms with E-state index in [9.17, 15) is 4.79 Å². The van der Waals surface area contributed by atoms with Crippen molar-refractivity contribution >= 4 is 5.91 Å². The number of aromatic nitrogens is 3. The first-order chi connectivity index (χ1) is 14.3. The number of nitrogens with zero attached hydrogens (tertiary/aromatic N) is 4. The first-order valence-corrected chi connectivity index (χ1v) is 10.6. The summed E-state index contributed by atoms with van der Waals surface area (Å²) in [4.78, 5) is 23.6. The predicted octanol–water partition coefficient (Wildman–Crippen LogP) is 4.26. The number of carbonyl (C=O) groups is 1. The summed E-state index contributed by atoms with van der Waals surface area (Å²) in [5, 5.41) is 0. The zero-order valence-corrected chi connectivity index (χ0v) is 16.6. The van der Waals surface area contributed by atoms with Crippen LogP contribution in [0.5, 0.6) is 0 Å². The van der Waals surface area contributed by atoms with Crippen molar-refractivity contribution in [1.82, 2.24) is 19.4 Å². The van der Waals surface area contributed by atoms with Crippen molar-refractivity contribution < 1.29 is 4.79 Å². The third kappa shape index (κ3) is 3.82. The highest BCUT2D eigenvalue weighted by atomic mass is 16.2. The molecule has 1 atom stereocenters. The summed E-state index contributed by atoms with van der Waals surface area (Å²) in [7, 11) is 0. The topological polar surface area (TPSA) is 51.0 Å². The highest BCUT2D eigenvalue weighted by Gasteiger charge is 2.35. The lowest BCUT2D eigenvalue weighted by atomic mass is 9.97. The van der Waals surface area contributed by atoms with Gasteiger partial charge in [-0.25, -0.2) is 4.98 Å². The van der Waals surface area contributed by atoms with Crippen LogP contribution < -0.4 is 0 Å². The van der Waals surface area contributed by atoms with Gasteiger partial charge in [0.25, 0.3) is 0 Å². The molecule has 2 aliphatic rings. The fraction of sp³-hybridized carbons (Fsp3) is 0.375. The number of carbonyl (C=O) groups excluding carboxylic acids is 1. The van der Waals surface area contributed by atoms with Crippen LogP contribution in [0.4, 0.5) is 0 Å². The molecule has 1 saturated carbocycles. The Labute approximate surface area is 171 Å². The molecule has 2 fully saturated rings. The lowest BCUT2D eigenvalue weighted by Crippen LogP contribution is -2.41. The number of rotatable bonds is 5. The molecule has 148 valence electrons. The zero-order chi connectivity index (χ0) is 19.6. The van der Waals surface area contributed by atoms with Crippen molar-refractivity contribution in [3.63, 3.8) is 0 Å². The molecule has 1 saturated heterocycles. The Morgan fingerprint density at radius 2 is 1.79 bits per heavy atom. The fourth-order valence-corrected chi connectivity index (χ4v) is 4.42. The average molecular weight is 386 g/mol. The van der Waals surface area contributed by atoms with E-state index >= 15 is 0 Å². The summed E-state index contributed by atoms with van der Waals surface area (Å²) < 4.78 is 2.27. The minimum Gasteiger partial charge on any atom is -0.342 e. The molecule has 29 heavy (non-hydrogen) atoms. The van der Waals surface area contributed by atoms with Crippen LogP contribution in [0.3, 0.4) is 0 Å². The molecule has 0 N–H and O–H groups in total. The summed E-state index contributed by atoms with van der Waals surface area (Å²) in [5.41, 5.74) is 4.37. The Hall–Kier alpha value is -2.95. The fourth-order valence-electron chi connectivity index (χ4n) is 4.42. The third-order valence-electron chi connectivity index (χ3n) is 6.05. The second-order valence-electron chi connectivity index (χ2n) is 8.26. The van der Waals surface area contributed by atoms with Gasteiger partial charge in [0.2, 0.25) is 5.91 Å². The van der Waals surface area contributed by atoms with Crippen LogP contribution in [-0.2, 0) is 11.3 Å². The number of hydrogen-bond acceptors (Lipinski definition) is 3. The number of hydrogen-bond donors (Lipinski definition) is 0. The summed E-state index contributed by atoms with van der Waals surface area (Å²) in [6.07, 6.45) is 10.0. The Balaban J connectivity index is 1.44. The van der Waals surface area contributed by atoms with E-state index in [4.69, 9.17) is 4.98 Å².